The Kier molecular flexibility index (Phi) is 9.73. The lowest BCUT2D eigenvalue weighted by Gasteiger charge is -2.42. The molecule has 3 N–H and O–H groups in total. The zero-order valence-electron chi connectivity index (χ0n) is 24.3. The number of nitrogens with two attached hydrogens (primary N) is 1. The minimum Gasteiger partial charge on any atom is -0.496 e. The van der Waals surface area contributed by atoms with E-state index in [0.717, 1.165) is 44.0 Å². The molecular formula is C30H30Cl2F2N8O2S. The summed E-state index contributed by atoms with van der Waals surface area (Å²) in [7, 11) is 1.36. The van der Waals surface area contributed by atoms with Crippen LogP contribution < -0.4 is 20.7 Å². The fourth-order valence-electron chi connectivity index (χ4n) is 5.86. The number of aromatic nitrogens is 5. The third-order valence-corrected chi connectivity index (χ3v) is 9.91. The lowest BCUT2D eigenvalue weighted by Crippen LogP contribution is -2.48. The van der Waals surface area contributed by atoms with Crippen molar-refractivity contribution in [1.29, 1.82) is 0 Å². The van der Waals surface area contributed by atoms with Gasteiger partial charge in [-0.3, -0.25) is 4.79 Å². The predicted molar refractivity (Wildman–Crippen MR) is 171 cm³/mol. The SMILES string of the molecule is COc1cc(F)ccc1-c1nc(Nc2nccc(Sc3cnc(N4CCC5(CC4)CC(=O)[C@@H](C)[C@@H]5N)cn3)c2Cl)ncc1F.Cl. The van der Waals surface area contributed by atoms with E-state index in [1.165, 1.54) is 31.0 Å². The lowest BCUT2D eigenvalue weighted by atomic mass is 9.73. The number of rotatable bonds is 7. The van der Waals surface area contributed by atoms with Gasteiger partial charge in [0, 0.05) is 54.2 Å². The average Bonchev–Trinajstić information content (AvgIpc) is 3.23. The van der Waals surface area contributed by atoms with Crippen molar-refractivity contribution in [2.75, 3.05) is 30.4 Å². The maximum Gasteiger partial charge on any atom is 0.229 e. The number of piperidine rings is 1. The van der Waals surface area contributed by atoms with E-state index in [4.69, 9.17) is 22.1 Å². The number of carbonyl (C=O) groups is 1. The summed E-state index contributed by atoms with van der Waals surface area (Å²) in [5.41, 5.74) is 6.52. The van der Waals surface area contributed by atoms with E-state index >= 15 is 0 Å². The summed E-state index contributed by atoms with van der Waals surface area (Å²) in [6.07, 6.45) is 8.24. The number of ketones is 1. The van der Waals surface area contributed by atoms with Gasteiger partial charge in [0.2, 0.25) is 5.95 Å². The zero-order valence-corrected chi connectivity index (χ0v) is 26.7. The number of nitrogens with one attached hydrogen (secondary N) is 1. The van der Waals surface area contributed by atoms with Gasteiger partial charge in [-0.05, 0) is 36.5 Å². The molecule has 45 heavy (non-hydrogen) atoms. The summed E-state index contributed by atoms with van der Waals surface area (Å²) in [5, 5.41) is 3.85. The van der Waals surface area contributed by atoms with Crippen LogP contribution in [-0.2, 0) is 4.79 Å². The Morgan fingerprint density at radius 2 is 1.89 bits per heavy atom. The van der Waals surface area contributed by atoms with Crippen molar-refractivity contribution in [2.45, 2.75) is 42.1 Å². The van der Waals surface area contributed by atoms with Gasteiger partial charge < -0.3 is 20.7 Å². The van der Waals surface area contributed by atoms with Crippen LogP contribution in [0.4, 0.5) is 26.4 Å². The molecule has 1 aromatic carbocycles. The molecule has 6 rings (SSSR count). The Morgan fingerprint density at radius 1 is 1.11 bits per heavy atom. The monoisotopic (exact) mass is 674 g/mol. The fraction of sp³-hybridized carbons (Fsp3) is 0.333. The first kappa shape index (κ1) is 32.7. The molecule has 3 aromatic heterocycles. The molecule has 236 valence electrons. The second kappa shape index (κ2) is 13.4. The van der Waals surface area contributed by atoms with Crippen molar-refractivity contribution in [3.8, 4) is 17.0 Å². The predicted octanol–water partition coefficient (Wildman–Crippen LogP) is 6.11. The third-order valence-electron chi connectivity index (χ3n) is 8.44. The Morgan fingerprint density at radius 3 is 2.56 bits per heavy atom. The highest BCUT2D eigenvalue weighted by Gasteiger charge is 2.50. The van der Waals surface area contributed by atoms with Crippen LogP contribution in [0.5, 0.6) is 5.75 Å². The second-order valence-electron chi connectivity index (χ2n) is 11.0. The van der Waals surface area contributed by atoms with Crippen LogP contribution >= 0.6 is 35.8 Å². The molecule has 10 nitrogen and oxygen atoms in total. The summed E-state index contributed by atoms with van der Waals surface area (Å²) in [6.45, 7) is 3.46. The standard InChI is InChI=1S/C30H29ClF2N8O2S.ClH/c1-16-20(42)12-30(27(16)34)6-9-41(10-7-30)23-14-37-24(15-36-23)44-22-5-8-35-28(25(22)31)40-29-38-13-19(33)26(39-29)18-4-3-17(32)11-21(18)43-2;/h3-5,8,11,13-16,27H,6-7,9-10,12,34H2,1-2H3,(H,35,38,39,40);1H/t16-,27+;/m1./s1. The van der Waals surface area contributed by atoms with Gasteiger partial charge in [-0.2, -0.15) is 0 Å². The molecule has 15 heteroatoms. The lowest BCUT2D eigenvalue weighted by molar-refractivity contribution is -0.120. The van der Waals surface area contributed by atoms with Gasteiger partial charge in [0.1, 0.15) is 33.9 Å². The number of halogens is 4. The van der Waals surface area contributed by atoms with Gasteiger partial charge in [0.25, 0.3) is 0 Å². The first-order chi connectivity index (χ1) is 21.2. The molecule has 0 unspecified atom stereocenters. The molecule has 0 amide bonds. The molecule has 2 aliphatic rings. The van der Waals surface area contributed by atoms with Gasteiger partial charge in [-0.15, -0.1) is 12.4 Å². The minimum absolute atomic E-state index is 0. The largest absolute Gasteiger partial charge is 0.496 e. The van der Waals surface area contributed by atoms with E-state index in [0.29, 0.717) is 16.3 Å². The van der Waals surface area contributed by atoms with E-state index in [1.54, 1.807) is 24.7 Å². The van der Waals surface area contributed by atoms with E-state index in [9.17, 15) is 13.6 Å². The second-order valence-corrected chi connectivity index (χ2v) is 12.4. The summed E-state index contributed by atoms with van der Waals surface area (Å²) in [5.74, 6) is 0.135. The third kappa shape index (κ3) is 6.53. The zero-order chi connectivity index (χ0) is 31.0. The quantitative estimate of drug-likeness (QED) is 0.235. The molecule has 1 saturated carbocycles. The molecule has 0 radical (unpaired) electrons. The summed E-state index contributed by atoms with van der Waals surface area (Å²) < 4.78 is 33.6. The van der Waals surface area contributed by atoms with Crippen molar-refractivity contribution < 1.29 is 18.3 Å². The normalized spacial score (nSPS) is 19.0. The van der Waals surface area contributed by atoms with Crippen LogP contribution in [0.25, 0.3) is 11.3 Å². The Labute approximate surface area is 274 Å². The molecule has 1 aliphatic carbocycles. The highest BCUT2D eigenvalue weighted by Crippen LogP contribution is 2.46. The topological polar surface area (TPSA) is 132 Å². The smallest absolute Gasteiger partial charge is 0.229 e. The maximum atomic E-state index is 14.7. The van der Waals surface area contributed by atoms with Crippen LogP contribution in [-0.4, -0.2) is 56.9 Å². The van der Waals surface area contributed by atoms with E-state index in [2.05, 4.69) is 35.1 Å². The number of pyridine rings is 1. The summed E-state index contributed by atoms with van der Waals surface area (Å²) in [6, 6.07) is 5.37. The van der Waals surface area contributed by atoms with E-state index < -0.39 is 11.6 Å². The van der Waals surface area contributed by atoms with Crippen molar-refractivity contribution in [3.05, 3.63) is 65.7 Å². The Balaban J connectivity index is 0.00000400. The first-order valence-electron chi connectivity index (χ1n) is 14.0. The number of hydrogen-bond acceptors (Lipinski definition) is 11. The molecule has 1 aliphatic heterocycles. The average molecular weight is 676 g/mol. The first-order valence-corrected chi connectivity index (χ1v) is 15.2. The van der Waals surface area contributed by atoms with E-state index in [-0.39, 0.29) is 69.4 Å². The summed E-state index contributed by atoms with van der Waals surface area (Å²) >= 11 is 7.99. The maximum absolute atomic E-state index is 14.7. The molecule has 0 bridgehead atoms. The van der Waals surface area contributed by atoms with Crippen LogP contribution in [0, 0.1) is 23.0 Å². The fourth-order valence-corrected chi connectivity index (χ4v) is 6.89. The van der Waals surface area contributed by atoms with Gasteiger partial charge >= 0.3 is 0 Å². The molecule has 1 spiro atoms. The molecule has 1 saturated heterocycles. The molecule has 4 aromatic rings. The molecule has 2 fully saturated rings. The number of anilines is 3. The van der Waals surface area contributed by atoms with Crippen molar-refractivity contribution in [1.82, 2.24) is 24.9 Å². The molecular weight excluding hydrogens is 645 g/mol. The van der Waals surface area contributed by atoms with Gasteiger partial charge in [-0.25, -0.2) is 33.7 Å². The molecule has 2 atom stereocenters. The van der Waals surface area contributed by atoms with Crippen LogP contribution in [0.2, 0.25) is 5.02 Å². The van der Waals surface area contributed by atoms with Crippen LogP contribution in [0.15, 0.2) is 59.0 Å². The van der Waals surface area contributed by atoms with Crippen molar-refractivity contribution >= 4 is 59.1 Å². The number of benzene rings is 1. The number of nitrogens with zero attached hydrogens (tertiary/aromatic N) is 6. The highest BCUT2D eigenvalue weighted by atomic mass is 35.5. The van der Waals surface area contributed by atoms with Crippen molar-refractivity contribution in [3.63, 3.8) is 0 Å². The molecule has 4 heterocycles. The number of methoxy groups -OCH3 is 1. The number of hydrogen-bond donors (Lipinski definition) is 2. The number of carbonyl (C=O) groups excluding carboxylic acids is 1. The van der Waals surface area contributed by atoms with Gasteiger partial charge in [0.05, 0.1) is 30.7 Å². The number of Topliss-reactive ketones (excluding diaryl/α,β-unsaturated/α-hetero) is 1. The summed E-state index contributed by atoms with van der Waals surface area (Å²) in [4.78, 5) is 36.9. The number of ether oxygens (including phenoxy) is 1. The van der Waals surface area contributed by atoms with Crippen LogP contribution in [0.1, 0.15) is 26.2 Å². The minimum atomic E-state index is -0.707. The van der Waals surface area contributed by atoms with Gasteiger partial charge in [-0.1, -0.05) is 30.3 Å². The van der Waals surface area contributed by atoms with Gasteiger partial charge in [0.15, 0.2) is 11.6 Å². The van der Waals surface area contributed by atoms with Crippen molar-refractivity contribution in [2.24, 2.45) is 17.1 Å². The Bertz CT molecular complexity index is 1710. The van der Waals surface area contributed by atoms with Crippen LogP contribution in [0.3, 0.4) is 0 Å². The van der Waals surface area contributed by atoms with E-state index in [1.807, 2.05) is 6.92 Å². The Hall–Kier alpha value is -3.65. The highest BCUT2D eigenvalue weighted by molar-refractivity contribution is 7.99.